The molecule has 0 aromatic heterocycles. The summed E-state index contributed by atoms with van der Waals surface area (Å²) in [4.78, 5) is 10.8. The van der Waals surface area contributed by atoms with Crippen molar-refractivity contribution in [3.05, 3.63) is 0 Å². The van der Waals surface area contributed by atoms with E-state index in [1.54, 1.807) is 6.92 Å². The molecule has 5 nitrogen and oxygen atoms in total. The fourth-order valence-electron chi connectivity index (χ4n) is 1.12. The fraction of sp³-hybridized carbons (Fsp3) is 0.778. The van der Waals surface area contributed by atoms with Crippen LogP contribution in [0, 0.1) is 11.3 Å². The van der Waals surface area contributed by atoms with Crippen molar-refractivity contribution in [1.82, 2.24) is 0 Å². The molecule has 0 bridgehead atoms. The van der Waals surface area contributed by atoms with Crippen LogP contribution in [0.15, 0.2) is 0 Å². The highest BCUT2D eigenvalue weighted by atomic mass is 32.2. The molecule has 15 heavy (non-hydrogen) atoms. The minimum Gasteiger partial charge on any atom is -0.469 e. The first kappa shape index (κ1) is 13.9. The van der Waals surface area contributed by atoms with E-state index in [9.17, 15) is 13.2 Å². The molecule has 0 N–H and O–H groups in total. The van der Waals surface area contributed by atoms with Gasteiger partial charge in [-0.25, -0.2) is 8.42 Å². The zero-order valence-electron chi connectivity index (χ0n) is 8.89. The molecule has 0 aliphatic carbocycles. The molecule has 1 atom stereocenters. The molecule has 86 valence electrons. The van der Waals surface area contributed by atoms with E-state index in [1.165, 1.54) is 7.11 Å². The van der Waals surface area contributed by atoms with Crippen molar-refractivity contribution in [2.24, 2.45) is 0 Å². The number of hydrogen-bond acceptors (Lipinski definition) is 5. The van der Waals surface area contributed by atoms with Gasteiger partial charge in [0.2, 0.25) is 0 Å². The molecule has 0 aromatic rings. The number of esters is 1. The first-order valence-corrected chi connectivity index (χ1v) is 6.34. The Kier molecular flexibility index (Phi) is 5.94. The summed E-state index contributed by atoms with van der Waals surface area (Å²) in [7, 11) is -2.15. The van der Waals surface area contributed by atoms with Crippen LogP contribution in [0.3, 0.4) is 0 Å². The summed E-state index contributed by atoms with van der Waals surface area (Å²) in [6, 6.07) is 1.83. The molecule has 0 fully saturated rings. The summed E-state index contributed by atoms with van der Waals surface area (Å²) in [5, 5.41) is 7.77. The van der Waals surface area contributed by atoms with Gasteiger partial charge in [0.05, 0.1) is 37.0 Å². The van der Waals surface area contributed by atoms with Crippen LogP contribution in [0.1, 0.15) is 26.2 Å². The van der Waals surface area contributed by atoms with E-state index < -0.39 is 21.1 Å². The van der Waals surface area contributed by atoms with Crippen LogP contribution in [0.25, 0.3) is 0 Å². The highest BCUT2D eigenvalue weighted by Crippen LogP contribution is 2.12. The van der Waals surface area contributed by atoms with E-state index in [-0.39, 0.29) is 18.6 Å². The van der Waals surface area contributed by atoms with E-state index >= 15 is 0 Å². The van der Waals surface area contributed by atoms with Crippen molar-refractivity contribution in [3.8, 4) is 6.07 Å². The topological polar surface area (TPSA) is 84.2 Å². The van der Waals surface area contributed by atoms with Crippen LogP contribution in [0.2, 0.25) is 0 Å². The van der Waals surface area contributed by atoms with E-state index in [0.717, 1.165) is 0 Å². The second-order valence-corrected chi connectivity index (χ2v) is 5.49. The van der Waals surface area contributed by atoms with Crippen LogP contribution >= 0.6 is 0 Å². The van der Waals surface area contributed by atoms with Crippen LogP contribution in [-0.2, 0) is 19.4 Å². The molecule has 0 amide bonds. The number of carbonyl (C=O) groups excluding carboxylic acids is 1. The summed E-state index contributed by atoms with van der Waals surface area (Å²) in [5.41, 5.74) is 0. The lowest BCUT2D eigenvalue weighted by Gasteiger charge is -2.11. The van der Waals surface area contributed by atoms with Crippen molar-refractivity contribution in [3.63, 3.8) is 0 Å². The lowest BCUT2D eigenvalue weighted by atomic mass is 10.3. The molecule has 0 spiro atoms. The normalized spacial score (nSPS) is 12.9. The number of ether oxygens (including phenoxy) is 1. The average Bonchev–Trinajstić information content (AvgIpc) is 2.22. The van der Waals surface area contributed by atoms with Gasteiger partial charge in [0.25, 0.3) is 0 Å². The second kappa shape index (κ2) is 6.40. The molecular formula is C9H15NO4S. The highest BCUT2D eigenvalue weighted by Gasteiger charge is 2.24. The number of nitriles is 1. The maximum Gasteiger partial charge on any atom is 0.306 e. The molecule has 0 aliphatic heterocycles. The maximum absolute atomic E-state index is 11.6. The number of sulfone groups is 1. The monoisotopic (exact) mass is 233 g/mol. The first-order chi connectivity index (χ1) is 6.97. The van der Waals surface area contributed by atoms with Gasteiger partial charge in [-0.05, 0) is 6.42 Å². The van der Waals surface area contributed by atoms with Gasteiger partial charge < -0.3 is 4.74 Å². The Morgan fingerprint density at radius 2 is 2.13 bits per heavy atom. The average molecular weight is 233 g/mol. The molecule has 6 heteroatoms. The molecule has 0 saturated carbocycles. The van der Waals surface area contributed by atoms with Gasteiger partial charge in [-0.1, -0.05) is 6.92 Å². The predicted octanol–water partition coefficient (Wildman–Crippen LogP) is 0.657. The molecule has 0 radical (unpaired) electrons. The van der Waals surface area contributed by atoms with Crippen LogP contribution in [0.5, 0.6) is 0 Å². The Bertz CT molecular complexity index is 342. The summed E-state index contributed by atoms with van der Waals surface area (Å²) >= 11 is 0. The minimum atomic E-state index is -3.36. The van der Waals surface area contributed by atoms with Crippen LogP contribution in [0.4, 0.5) is 0 Å². The minimum absolute atomic E-state index is 0.0278. The van der Waals surface area contributed by atoms with Crippen molar-refractivity contribution < 1.29 is 17.9 Å². The third-order valence-corrected chi connectivity index (χ3v) is 4.39. The Morgan fingerprint density at radius 1 is 1.53 bits per heavy atom. The van der Waals surface area contributed by atoms with Gasteiger partial charge in [0.1, 0.15) is 0 Å². The largest absolute Gasteiger partial charge is 0.469 e. The Balaban J connectivity index is 4.40. The standard InChI is InChI=1S/C9H15NO4S/c1-3-8(4-6-10)15(12,13)7-5-9(11)14-2/h8H,3-5,7H2,1-2H3. The number of nitrogens with zero attached hydrogens (tertiary/aromatic N) is 1. The smallest absolute Gasteiger partial charge is 0.306 e. The van der Waals surface area contributed by atoms with E-state index in [1.807, 2.05) is 6.07 Å². The Morgan fingerprint density at radius 3 is 2.53 bits per heavy atom. The molecule has 1 unspecified atom stereocenters. The Hall–Kier alpha value is -1.09. The molecule has 0 aliphatic rings. The lowest BCUT2D eigenvalue weighted by Crippen LogP contribution is -2.24. The molecular weight excluding hydrogens is 218 g/mol. The van der Waals surface area contributed by atoms with Gasteiger partial charge in [-0.15, -0.1) is 0 Å². The van der Waals surface area contributed by atoms with Crippen molar-refractivity contribution in [1.29, 1.82) is 5.26 Å². The van der Waals surface area contributed by atoms with Gasteiger partial charge in [-0.3, -0.25) is 4.79 Å². The van der Waals surface area contributed by atoms with Crippen LogP contribution in [-0.4, -0.2) is 32.5 Å². The van der Waals surface area contributed by atoms with Gasteiger partial charge in [-0.2, -0.15) is 5.26 Å². The molecule has 0 rings (SSSR count). The summed E-state index contributed by atoms with van der Waals surface area (Å²) in [6.07, 6.45) is 0.206. The predicted molar refractivity (Wildman–Crippen MR) is 54.7 cm³/mol. The summed E-state index contributed by atoms with van der Waals surface area (Å²) < 4.78 is 27.6. The zero-order chi connectivity index (χ0) is 11.9. The quantitative estimate of drug-likeness (QED) is 0.629. The number of carbonyl (C=O) groups is 1. The van der Waals surface area contributed by atoms with Gasteiger partial charge >= 0.3 is 5.97 Å². The number of methoxy groups -OCH3 is 1. The fourth-order valence-corrected chi connectivity index (χ4v) is 2.74. The highest BCUT2D eigenvalue weighted by molar-refractivity contribution is 7.92. The number of hydrogen-bond donors (Lipinski definition) is 0. The summed E-state index contributed by atoms with van der Waals surface area (Å²) in [6.45, 7) is 1.71. The molecule has 0 aromatic carbocycles. The number of rotatable bonds is 6. The first-order valence-electron chi connectivity index (χ1n) is 4.63. The zero-order valence-corrected chi connectivity index (χ0v) is 9.71. The maximum atomic E-state index is 11.6. The van der Waals surface area contributed by atoms with Crippen molar-refractivity contribution >= 4 is 15.8 Å². The van der Waals surface area contributed by atoms with Crippen molar-refractivity contribution in [2.45, 2.75) is 31.4 Å². The summed E-state index contributed by atoms with van der Waals surface area (Å²) in [5.74, 6) is -0.801. The van der Waals surface area contributed by atoms with E-state index in [4.69, 9.17) is 5.26 Å². The van der Waals surface area contributed by atoms with E-state index in [0.29, 0.717) is 6.42 Å². The van der Waals surface area contributed by atoms with Crippen molar-refractivity contribution in [2.75, 3.05) is 12.9 Å². The Labute approximate surface area is 90.0 Å². The molecule has 0 heterocycles. The molecule has 0 saturated heterocycles. The third kappa shape index (κ3) is 4.79. The van der Waals surface area contributed by atoms with Crippen LogP contribution < -0.4 is 0 Å². The van der Waals surface area contributed by atoms with Gasteiger partial charge in [0, 0.05) is 0 Å². The van der Waals surface area contributed by atoms with Gasteiger partial charge in [0.15, 0.2) is 9.84 Å². The SMILES string of the molecule is CCC(CC#N)S(=O)(=O)CCC(=O)OC. The second-order valence-electron chi connectivity index (χ2n) is 3.09. The lowest BCUT2D eigenvalue weighted by molar-refractivity contribution is -0.140. The van der Waals surface area contributed by atoms with E-state index in [2.05, 4.69) is 4.74 Å². The third-order valence-electron chi connectivity index (χ3n) is 2.10.